The summed E-state index contributed by atoms with van der Waals surface area (Å²) in [5, 5.41) is 5.14. The molecule has 0 unspecified atom stereocenters. The first-order chi connectivity index (χ1) is 15.0. The van der Waals surface area contributed by atoms with Gasteiger partial charge in [-0.2, -0.15) is 10.1 Å². The van der Waals surface area contributed by atoms with E-state index in [1.54, 1.807) is 23.3 Å². The number of anilines is 1. The Kier molecular flexibility index (Phi) is 4.95. The number of carbonyl (C=O) groups is 1. The van der Waals surface area contributed by atoms with Crippen molar-refractivity contribution in [2.75, 3.05) is 38.1 Å². The van der Waals surface area contributed by atoms with Crippen molar-refractivity contribution < 1.29 is 9.21 Å². The molecule has 1 saturated heterocycles. The van der Waals surface area contributed by atoms with Crippen molar-refractivity contribution in [2.24, 2.45) is 7.05 Å². The Labute approximate surface area is 179 Å². The normalized spacial score (nSPS) is 15.0. The van der Waals surface area contributed by atoms with Gasteiger partial charge in [0.2, 0.25) is 0 Å². The van der Waals surface area contributed by atoms with E-state index in [0.29, 0.717) is 17.4 Å². The molecule has 0 aliphatic carbocycles. The molecule has 0 atom stereocenters. The molecule has 9 nitrogen and oxygen atoms in total. The predicted molar refractivity (Wildman–Crippen MR) is 116 cm³/mol. The highest BCUT2D eigenvalue weighted by Gasteiger charge is 2.21. The van der Waals surface area contributed by atoms with Gasteiger partial charge in [0, 0.05) is 67.8 Å². The summed E-state index contributed by atoms with van der Waals surface area (Å²) in [4.78, 5) is 30.4. The minimum absolute atomic E-state index is 0.118. The van der Waals surface area contributed by atoms with E-state index in [9.17, 15) is 4.79 Å². The fourth-order valence-corrected chi connectivity index (χ4v) is 3.69. The van der Waals surface area contributed by atoms with E-state index < -0.39 is 0 Å². The smallest absolute Gasteiger partial charge is 0.297 e. The molecule has 0 amide bonds. The second-order valence-corrected chi connectivity index (χ2v) is 7.90. The minimum atomic E-state index is -0.118. The molecule has 0 radical (unpaired) electrons. The molecule has 0 aromatic carbocycles. The zero-order valence-corrected chi connectivity index (χ0v) is 17.5. The number of ketones is 1. The number of aromatic nitrogens is 5. The maximum absolute atomic E-state index is 12.8. The largest absolute Gasteiger partial charge is 0.431 e. The Balaban J connectivity index is 1.33. The zero-order valence-electron chi connectivity index (χ0n) is 17.5. The number of fused-ring (bicyclic) bond motifs is 1. The van der Waals surface area contributed by atoms with Gasteiger partial charge >= 0.3 is 0 Å². The average molecular weight is 417 g/mol. The molecule has 0 saturated carbocycles. The standard InChI is InChI=1S/C22H23N7O2/c1-27-3-5-29(6-4-27)22-26-20(14-31-22)21(30)9-18-8-15-7-16(10-24-19(15)12-23-18)17-11-25-28(2)13-17/h7-8,10-14H,3-6,9H2,1-2H3. The van der Waals surface area contributed by atoms with Crippen LogP contribution in [0.15, 0.2) is 47.6 Å². The molecule has 158 valence electrons. The molecule has 4 aromatic rings. The summed E-state index contributed by atoms with van der Waals surface area (Å²) in [6, 6.07) is 4.45. The first kappa shape index (κ1) is 19.4. The minimum Gasteiger partial charge on any atom is -0.431 e. The van der Waals surface area contributed by atoms with Crippen LogP contribution < -0.4 is 4.90 Å². The number of oxazole rings is 1. The maximum atomic E-state index is 12.8. The van der Waals surface area contributed by atoms with E-state index in [0.717, 1.165) is 48.2 Å². The maximum Gasteiger partial charge on any atom is 0.297 e. The summed E-state index contributed by atoms with van der Waals surface area (Å²) in [7, 11) is 3.97. The molecule has 1 aliphatic heterocycles. The Morgan fingerprint density at radius 3 is 2.65 bits per heavy atom. The van der Waals surface area contributed by atoms with E-state index >= 15 is 0 Å². The van der Waals surface area contributed by atoms with Gasteiger partial charge in [0.15, 0.2) is 5.78 Å². The number of nitrogens with zero attached hydrogens (tertiary/aromatic N) is 7. The van der Waals surface area contributed by atoms with Crippen LogP contribution in [0, 0.1) is 0 Å². The second kappa shape index (κ2) is 7.92. The van der Waals surface area contributed by atoms with Gasteiger partial charge in [-0.05, 0) is 19.2 Å². The van der Waals surface area contributed by atoms with Crippen LogP contribution in [0.5, 0.6) is 0 Å². The highest BCUT2D eigenvalue weighted by atomic mass is 16.4. The Hall–Kier alpha value is -3.59. The molecular weight excluding hydrogens is 394 g/mol. The molecule has 31 heavy (non-hydrogen) atoms. The third-order valence-corrected chi connectivity index (χ3v) is 5.56. The first-order valence-corrected chi connectivity index (χ1v) is 10.2. The number of Topliss-reactive ketones (excluding diaryl/α,β-unsaturated/α-hetero) is 1. The third-order valence-electron chi connectivity index (χ3n) is 5.56. The van der Waals surface area contributed by atoms with E-state index in [1.165, 1.54) is 6.26 Å². The average Bonchev–Trinajstić information content (AvgIpc) is 3.43. The van der Waals surface area contributed by atoms with E-state index in [2.05, 4.69) is 36.9 Å². The fourth-order valence-electron chi connectivity index (χ4n) is 3.69. The highest BCUT2D eigenvalue weighted by molar-refractivity contribution is 5.96. The monoisotopic (exact) mass is 417 g/mol. The molecule has 4 aromatic heterocycles. The molecule has 1 aliphatic rings. The van der Waals surface area contributed by atoms with E-state index in [1.807, 2.05) is 25.4 Å². The van der Waals surface area contributed by atoms with Crippen molar-refractivity contribution in [3.8, 4) is 11.1 Å². The molecule has 1 fully saturated rings. The summed E-state index contributed by atoms with van der Waals surface area (Å²) < 4.78 is 7.33. The predicted octanol–water partition coefficient (Wildman–Crippen LogP) is 2.20. The number of aryl methyl sites for hydroxylation is 1. The van der Waals surface area contributed by atoms with Crippen molar-refractivity contribution in [3.63, 3.8) is 0 Å². The van der Waals surface area contributed by atoms with Crippen LogP contribution in [-0.2, 0) is 13.5 Å². The van der Waals surface area contributed by atoms with Gasteiger partial charge in [-0.3, -0.25) is 19.4 Å². The summed E-state index contributed by atoms with van der Waals surface area (Å²) in [6.45, 7) is 3.57. The molecule has 0 spiro atoms. The molecule has 5 heterocycles. The van der Waals surface area contributed by atoms with E-state index in [4.69, 9.17) is 4.42 Å². The van der Waals surface area contributed by atoms with Gasteiger partial charge in [-0.1, -0.05) is 0 Å². The van der Waals surface area contributed by atoms with Crippen LogP contribution in [0.4, 0.5) is 6.01 Å². The summed E-state index contributed by atoms with van der Waals surface area (Å²) >= 11 is 0. The van der Waals surface area contributed by atoms with Crippen molar-refractivity contribution in [2.45, 2.75) is 6.42 Å². The quantitative estimate of drug-likeness (QED) is 0.456. The Morgan fingerprint density at radius 1 is 1.03 bits per heavy atom. The number of piperazine rings is 1. The summed E-state index contributed by atoms with van der Waals surface area (Å²) in [5.41, 5.74) is 3.75. The van der Waals surface area contributed by atoms with Crippen LogP contribution in [0.25, 0.3) is 22.0 Å². The third kappa shape index (κ3) is 4.04. The van der Waals surface area contributed by atoms with Crippen LogP contribution >= 0.6 is 0 Å². The number of likely N-dealkylation sites (N-methyl/N-ethyl adjacent to an activating group) is 1. The zero-order chi connectivity index (χ0) is 21.4. The number of pyridine rings is 2. The van der Waals surface area contributed by atoms with E-state index in [-0.39, 0.29) is 12.2 Å². The van der Waals surface area contributed by atoms with Crippen LogP contribution in [0.3, 0.4) is 0 Å². The van der Waals surface area contributed by atoms with Gasteiger partial charge in [-0.15, -0.1) is 0 Å². The lowest BCUT2D eigenvalue weighted by molar-refractivity contribution is 0.0987. The van der Waals surface area contributed by atoms with Gasteiger partial charge in [0.25, 0.3) is 6.01 Å². The van der Waals surface area contributed by atoms with Gasteiger partial charge < -0.3 is 14.2 Å². The van der Waals surface area contributed by atoms with Crippen LogP contribution in [-0.4, -0.2) is 68.6 Å². The Morgan fingerprint density at radius 2 is 1.87 bits per heavy atom. The van der Waals surface area contributed by atoms with Gasteiger partial charge in [0.1, 0.15) is 12.0 Å². The first-order valence-electron chi connectivity index (χ1n) is 10.2. The van der Waals surface area contributed by atoms with Crippen molar-refractivity contribution >= 4 is 22.7 Å². The molecule has 9 heteroatoms. The lowest BCUT2D eigenvalue weighted by atomic mass is 10.1. The van der Waals surface area contributed by atoms with Crippen molar-refractivity contribution in [1.82, 2.24) is 29.6 Å². The fraction of sp³-hybridized carbons (Fsp3) is 0.318. The van der Waals surface area contributed by atoms with Gasteiger partial charge in [-0.25, -0.2) is 0 Å². The molecule has 0 bridgehead atoms. The number of carbonyl (C=O) groups excluding carboxylic acids is 1. The number of hydrogen-bond donors (Lipinski definition) is 0. The SMILES string of the molecule is CN1CCN(c2nc(C(=O)Cc3cc4cc(-c5cnn(C)c5)cnc4cn3)co2)CC1. The molecular formula is C22H23N7O2. The molecule has 0 N–H and O–H groups in total. The van der Waals surface area contributed by atoms with Crippen LogP contribution in [0.2, 0.25) is 0 Å². The second-order valence-electron chi connectivity index (χ2n) is 7.90. The lowest BCUT2D eigenvalue weighted by Crippen LogP contribution is -2.44. The number of hydrogen-bond acceptors (Lipinski definition) is 8. The van der Waals surface area contributed by atoms with Crippen LogP contribution in [0.1, 0.15) is 16.2 Å². The number of rotatable bonds is 5. The lowest BCUT2D eigenvalue weighted by Gasteiger charge is -2.31. The topological polar surface area (TPSA) is 93.2 Å². The summed E-state index contributed by atoms with van der Waals surface area (Å²) in [5.74, 6) is -0.118. The summed E-state index contributed by atoms with van der Waals surface area (Å²) in [6.07, 6.45) is 8.85. The van der Waals surface area contributed by atoms with Crippen molar-refractivity contribution in [3.05, 3.63) is 54.6 Å². The van der Waals surface area contributed by atoms with Gasteiger partial charge in [0.05, 0.1) is 24.3 Å². The highest BCUT2D eigenvalue weighted by Crippen LogP contribution is 2.23. The molecule has 5 rings (SSSR count). The Bertz CT molecular complexity index is 1240. The van der Waals surface area contributed by atoms with Crippen molar-refractivity contribution in [1.29, 1.82) is 0 Å².